The van der Waals surface area contributed by atoms with Gasteiger partial charge in [-0.15, -0.1) is 0 Å². The highest BCUT2D eigenvalue weighted by Crippen LogP contribution is 2.20. The Morgan fingerprint density at radius 1 is 1.37 bits per heavy atom. The second-order valence-corrected chi connectivity index (χ2v) is 5.23. The number of rotatable bonds is 5. The van der Waals surface area contributed by atoms with Crippen LogP contribution in [-0.2, 0) is 4.79 Å². The van der Waals surface area contributed by atoms with Gasteiger partial charge in [0.05, 0.1) is 13.2 Å². The third kappa shape index (κ3) is 5.59. The molecule has 0 aromatic heterocycles. The first-order valence-corrected chi connectivity index (χ1v) is 6.29. The van der Waals surface area contributed by atoms with Crippen molar-refractivity contribution < 1.29 is 13.9 Å². The van der Waals surface area contributed by atoms with Gasteiger partial charge in [0.2, 0.25) is 5.91 Å². The smallest absolute Gasteiger partial charge is 0.239 e. The first-order chi connectivity index (χ1) is 8.81. The number of carbonyl (C=O) groups is 1. The molecule has 0 aliphatic carbocycles. The molecule has 106 valence electrons. The summed E-state index contributed by atoms with van der Waals surface area (Å²) in [6.07, 6.45) is 0. The molecule has 5 heteroatoms. The van der Waals surface area contributed by atoms with Gasteiger partial charge < -0.3 is 15.4 Å². The van der Waals surface area contributed by atoms with Gasteiger partial charge in [-0.3, -0.25) is 4.79 Å². The molecular weight excluding hydrogens is 247 g/mol. The molecule has 0 spiro atoms. The summed E-state index contributed by atoms with van der Waals surface area (Å²) in [5, 5.41) is 5.69. The minimum Gasteiger partial charge on any atom is -0.491 e. The molecule has 1 aromatic carbocycles. The Morgan fingerprint density at radius 3 is 2.58 bits per heavy atom. The summed E-state index contributed by atoms with van der Waals surface area (Å²) in [7, 11) is 0. The normalized spacial score (nSPS) is 11.0. The van der Waals surface area contributed by atoms with Gasteiger partial charge in [-0.05, 0) is 39.8 Å². The van der Waals surface area contributed by atoms with E-state index in [0.29, 0.717) is 12.3 Å². The molecule has 0 bridgehead atoms. The number of hydrogen-bond acceptors (Lipinski definition) is 3. The highest BCUT2D eigenvalue weighted by atomic mass is 19.1. The lowest BCUT2D eigenvalue weighted by Crippen LogP contribution is -2.43. The van der Waals surface area contributed by atoms with Gasteiger partial charge >= 0.3 is 0 Å². The van der Waals surface area contributed by atoms with E-state index in [1.165, 1.54) is 6.07 Å². The van der Waals surface area contributed by atoms with Crippen molar-refractivity contribution >= 4 is 11.6 Å². The number of amides is 1. The van der Waals surface area contributed by atoms with Crippen molar-refractivity contribution in [2.24, 2.45) is 0 Å². The highest BCUT2D eigenvalue weighted by molar-refractivity contribution is 5.81. The number of anilines is 1. The fourth-order valence-corrected chi connectivity index (χ4v) is 1.53. The number of carbonyl (C=O) groups excluding carboxylic acids is 1. The van der Waals surface area contributed by atoms with Crippen molar-refractivity contribution in [1.82, 2.24) is 5.32 Å². The van der Waals surface area contributed by atoms with Gasteiger partial charge in [-0.2, -0.15) is 0 Å². The third-order valence-electron chi connectivity index (χ3n) is 2.20. The summed E-state index contributed by atoms with van der Waals surface area (Å²) >= 11 is 0. The summed E-state index contributed by atoms with van der Waals surface area (Å²) in [5.41, 5.74) is 0.271. The molecule has 0 unspecified atom stereocenters. The molecular formula is C14H21FN2O2. The molecule has 0 atom stereocenters. The first-order valence-electron chi connectivity index (χ1n) is 6.29. The van der Waals surface area contributed by atoms with E-state index < -0.39 is 5.82 Å². The number of hydrogen-bond donors (Lipinski definition) is 2. The summed E-state index contributed by atoms with van der Waals surface area (Å²) < 4.78 is 18.7. The Kier molecular flexibility index (Phi) is 5.15. The predicted octanol–water partition coefficient (Wildman–Crippen LogP) is 2.55. The molecule has 0 saturated heterocycles. The van der Waals surface area contributed by atoms with E-state index in [2.05, 4.69) is 10.6 Å². The second-order valence-electron chi connectivity index (χ2n) is 5.23. The van der Waals surface area contributed by atoms with Crippen LogP contribution in [0.25, 0.3) is 0 Å². The third-order valence-corrected chi connectivity index (χ3v) is 2.20. The zero-order valence-corrected chi connectivity index (χ0v) is 11.8. The van der Waals surface area contributed by atoms with E-state index in [4.69, 9.17) is 4.74 Å². The van der Waals surface area contributed by atoms with Gasteiger partial charge in [0.1, 0.15) is 0 Å². The average Bonchev–Trinajstić information content (AvgIpc) is 2.27. The van der Waals surface area contributed by atoms with Crippen LogP contribution in [0.3, 0.4) is 0 Å². The Labute approximate surface area is 113 Å². The summed E-state index contributed by atoms with van der Waals surface area (Å²) in [5.74, 6) is -0.364. The number of ether oxygens (including phenoxy) is 1. The lowest BCUT2D eigenvalue weighted by Gasteiger charge is -2.20. The van der Waals surface area contributed by atoms with Crippen molar-refractivity contribution in [3.8, 4) is 5.75 Å². The largest absolute Gasteiger partial charge is 0.491 e. The molecule has 0 saturated carbocycles. The van der Waals surface area contributed by atoms with Gasteiger partial charge in [0.15, 0.2) is 11.6 Å². The molecule has 0 heterocycles. The molecule has 19 heavy (non-hydrogen) atoms. The summed E-state index contributed by atoms with van der Waals surface area (Å²) in [6, 6.07) is 4.54. The topological polar surface area (TPSA) is 50.4 Å². The fraction of sp³-hybridized carbons (Fsp3) is 0.500. The molecule has 1 rings (SSSR count). The molecule has 1 amide bonds. The Morgan fingerprint density at radius 2 is 2.05 bits per heavy atom. The summed E-state index contributed by atoms with van der Waals surface area (Å²) in [4.78, 5) is 11.6. The van der Waals surface area contributed by atoms with Crippen LogP contribution in [0.5, 0.6) is 5.75 Å². The monoisotopic (exact) mass is 268 g/mol. The van der Waals surface area contributed by atoms with E-state index in [0.717, 1.165) is 0 Å². The maximum absolute atomic E-state index is 13.6. The Balaban J connectivity index is 2.54. The lowest BCUT2D eigenvalue weighted by molar-refractivity contribution is -0.120. The molecule has 1 aromatic rings. The van der Waals surface area contributed by atoms with Crippen LogP contribution in [0, 0.1) is 5.82 Å². The van der Waals surface area contributed by atoms with Crippen LogP contribution in [-0.4, -0.2) is 24.6 Å². The predicted molar refractivity (Wildman–Crippen MR) is 74.0 cm³/mol. The van der Waals surface area contributed by atoms with E-state index >= 15 is 0 Å². The van der Waals surface area contributed by atoms with Crippen molar-refractivity contribution in [1.29, 1.82) is 0 Å². The first kappa shape index (κ1) is 15.3. The zero-order chi connectivity index (χ0) is 14.5. The molecule has 0 radical (unpaired) electrons. The summed E-state index contributed by atoms with van der Waals surface area (Å²) in [6.45, 7) is 8.02. The van der Waals surface area contributed by atoms with Crippen LogP contribution in [0.4, 0.5) is 10.1 Å². The standard InChI is InChI=1S/C14H21FN2O2/c1-5-19-12-7-6-10(8-11(12)15)16-9-13(18)17-14(2,3)4/h6-8,16H,5,9H2,1-4H3,(H,17,18). The average molecular weight is 268 g/mol. The quantitative estimate of drug-likeness (QED) is 0.863. The SMILES string of the molecule is CCOc1ccc(NCC(=O)NC(C)(C)C)cc1F. The number of nitrogens with one attached hydrogen (secondary N) is 2. The van der Waals surface area contributed by atoms with Crippen LogP contribution >= 0.6 is 0 Å². The molecule has 0 aliphatic heterocycles. The maximum atomic E-state index is 13.6. The van der Waals surface area contributed by atoms with E-state index in [1.54, 1.807) is 19.1 Å². The lowest BCUT2D eigenvalue weighted by atomic mass is 10.1. The van der Waals surface area contributed by atoms with E-state index in [9.17, 15) is 9.18 Å². The minimum atomic E-state index is -0.442. The van der Waals surface area contributed by atoms with Gasteiger partial charge in [-0.25, -0.2) is 4.39 Å². The molecule has 0 fully saturated rings. The Bertz CT molecular complexity index is 442. The van der Waals surface area contributed by atoms with E-state index in [1.807, 2.05) is 20.8 Å². The molecule has 2 N–H and O–H groups in total. The van der Waals surface area contributed by atoms with Crippen LogP contribution in [0.1, 0.15) is 27.7 Å². The van der Waals surface area contributed by atoms with Crippen LogP contribution in [0.15, 0.2) is 18.2 Å². The Hall–Kier alpha value is -1.78. The maximum Gasteiger partial charge on any atom is 0.239 e. The van der Waals surface area contributed by atoms with Crippen molar-refractivity contribution in [3.63, 3.8) is 0 Å². The van der Waals surface area contributed by atoms with Crippen molar-refractivity contribution in [2.45, 2.75) is 33.2 Å². The van der Waals surface area contributed by atoms with Gasteiger partial charge in [0, 0.05) is 17.3 Å². The molecule has 4 nitrogen and oxygen atoms in total. The van der Waals surface area contributed by atoms with Crippen LogP contribution in [0.2, 0.25) is 0 Å². The zero-order valence-electron chi connectivity index (χ0n) is 11.8. The van der Waals surface area contributed by atoms with Crippen LogP contribution < -0.4 is 15.4 Å². The highest BCUT2D eigenvalue weighted by Gasteiger charge is 2.13. The van der Waals surface area contributed by atoms with Gasteiger partial charge in [-0.1, -0.05) is 0 Å². The number of halogens is 1. The fourth-order valence-electron chi connectivity index (χ4n) is 1.53. The number of benzene rings is 1. The second kappa shape index (κ2) is 6.41. The minimum absolute atomic E-state index is 0.102. The molecule has 0 aliphatic rings. The van der Waals surface area contributed by atoms with Crippen molar-refractivity contribution in [3.05, 3.63) is 24.0 Å². The van der Waals surface area contributed by atoms with Gasteiger partial charge in [0.25, 0.3) is 0 Å². The van der Waals surface area contributed by atoms with Crippen molar-refractivity contribution in [2.75, 3.05) is 18.5 Å². The van der Waals surface area contributed by atoms with E-state index in [-0.39, 0.29) is 23.7 Å².